The summed E-state index contributed by atoms with van der Waals surface area (Å²) in [6.45, 7) is 7.64. The van der Waals surface area contributed by atoms with Crippen molar-refractivity contribution in [2.75, 3.05) is 19.8 Å². The van der Waals surface area contributed by atoms with E-state index in [1.54, 1.807) is 0 Å². The summed E-state index contributed by atoms with van der Waals surface area (Å²) in [4.78, 5) is 25.3. The van der Waals surface area contributed by atoms with Gasteiger partial charge in [-0.25, -0.2) is 0 Å². The first-order valence-corrected chi connectivity index (χ1v) is 24.8. The maximum atomic E-state index is 12.7. The van der Waals surface area contributed by atoms with Crippen molar-refractivity contribution in [2.24, 2.45) is 0 Å². The standard InChI is InChI=1S/C53H94O5/c1-4-7-10-13-16-19-22-25-26-27-28-30-31-34-37-40-43-46-52(54)57-50-51(49-56-48-45-42-39-36-33-24-21-18-15-12-9-6-3)58-53(55)47-44-41-38-35-32-29-23-20-17-14-11-8-5-2/h8,11,17,20,25-26,29,32,38,41,51H,4-7,9-10,12-16,18-19,21-24,27-28,30-31,33-37,39-40,42-50H2,1-3H3/b11-8-,20-17-,26-25-,32-29-,41-38-. The molecule has 0 aromatic rings. The van der Waals surface area contributed by atoms with Gasteiger partial charge < -0.3 is 14.2 Å². The van der Waals surface area contributed by atoms with E-state index in [4.69, 9.17) is 14.2 Å². The van der Waals surface area contributed by atoms with Crippen molar-refractivity contribution in [1.82, 2.24) is 0 Å². The molecule has 0 rings (SSSR count). The first-order valence-electron chi connectivity index (χ1n) is 24.8. The van der Waals surface area contributed by atoms with Gasteiger partial charge in [-0.05, 0) is 70.6 Å². The van der Waals surface area contributed by atoms with Gasteiger partial charge in [-0.15, -0.1) is 0 Å². The molecule has 336 valence electrons. The van der Waals surface area contributed by atoms with Crippen LogP contribution in [-0.4, -0.2) is 37.9 Å². The number of esters is 2. The summed E-state index contributed by atoms with van der Waals surface area (Å²) in [7, 11) is 0. The van der Waals surface area contributed by atoms with Crippen LogP contribution in [0.2, 0.25) is 0 Å². The SMILES string of the molecule is CC/C=C\C/C=C\C/C=C\C/C=C\CCC(=O)OC(COCCCCCCCCCCCCCC)COC(=O)CCCCCCCCC/C=C\CCCCCCCC. The van der Waals surface area contributed by atoms with Gasteiger partial charge >= 0.3 is 11.9 Å². The molecular weight excluding hydrogens is 717 g/mol. The van der Waals surface area contributed by atoms with Crippen molar-refractivity contribution in [3.63, 3.8) is 0 Å². The van der Waals surface area contributed by atoms with E-state index in [1.165, 1.54) is 141 Å². The molecule has 0 aliphatic carbocycles. The highest BCUT2D eigenvalue weighted by molar-refractivity contribution is 5.70. The molecule has 0 aromatic heterocycles. The van der Waals surface area contributed by atoms with E-state index in [2.05, 4.69) is 75.5 Å². The lowest BCUT2D eigenvalue weighted by atomic mass is 10.1. The second kappa shape index (κ2) is 49.0. The first kappa shape index (κ1) is 55.6. The van der Waals surface area contributed by atoms with Crippen LogP contribution >= 0.6 is 0 Å². The van der Waals surface area contributed by atoms with E-state index in [9.17, 15) is 9.59 Å². The number of hydrogen-bond acceptors (Lipinski definition) is 5. The molecule has 0 aliphatic heterocycles. The van der Waals surface area contributed by atoms with Crippen LogP contribution in [0, 0.1) is 0 Å². The maximum Gasteiger partial charge on any atom is 0.306 e. The Bertz CT molecular complexity index is 1010. The highest BCUT2D eigenvalue weighted by Crippen LogP contribution is 2.14. The monoisotopic (exact) mass is 811 g/mol. The predicted molar refractivity (Wildman–Crippen MR) is 251 cm³/mol. The molecule has 0 amide bonds. The molecule has 0 spiro atoms. The summed E-state index contributed by atoms with van der Waals surface area (Å²) < 4.78 is 17.3. The van der Waals surface area contributed by atoms with Gasteiger partial charge in [0.1, 0.15) is 6.61 Å². The number of unbranched alkanes of at least 4 members (excludes halogenated alkanes) is 24. The molecule has 0 bridgehead atoms. The predicted octanol–water partition coefficient (Wildman–Crippen LogP) is 16.6. The highest BCUT2D eigenvalue weighted by atomic mass is 16.6. The molecule has 5 heteroatoms. The van der Waals surface area contributed by atoms with Gasteiger partial charge in [-0.3, -0.25) is 9.59 Å². The molecule has 0 saturated heterocycles. The van der Waals surface area contributed by atoms with Gasteiger partial charge in [0.25, 0.3) is 0 Å². The molecule has 0 N–H and O–H groups in total. The van der Waals surface area contributed by atoms with Crippen molar-refractivity contribution in [2.45, 2.75) is 245 Å². The Labute approximate surface area is 360 Å². The molecule has 0 fully saturated rings. The van der Waals surface area contributed by atoms with Crippen LogP contribution in [0.1, 0.15) is 239 Å². The number of carbonyl (C=O) groups excluding carboxylic acids is 2. The fraction of sp³-hybridized carbons (Fsp3) is 0.774. The van der Waals surface area contributed by atoms with Crippen LogP contribution in [0.15, 0.2) is 60.8 Å². The summed E-state index contributed by atoms with van der Waals surface area (Å²) in [5.41, 5.74) is 0. The number of hydrogen-bond donors (Lipinski definition) is 0. The van der Waals surface area contributed by atoms with Crippen LogP contribution in [0.25, 0.3) is 0 Å². The highest BCUT2D eigenvalue weighted by Gasteiger charge is 2.17. The second-order valence-electron chi connectivity index (χ2n) is 16.3. The lowest BCUT2D eigenvalue weighted by Gasteiger charge is -2.18. The maximum absolute atomic E-state index is 12.7. The molecule has 0 aliphatic rings. The molecule has 58 heavy (non-hydrogen) atoms. The minimum Gasteiger partial charge on any atom is -0.462 e. The number of allylic oxidation sites excluding steroid dienone is 10. The quantitative estimate of drug-likeness (QED) is 0.0348. The Hall–Kier alpha value is -2.40. The topological polar surface area (TPSA) is 61.8 Å². The zero-order valence-electron chi connectivity index (χ0n) is 38.6. The average molecular weight is 811 g/mol. The molecule has 0 radical (unpaired) electrons. The van der Waals surface area contributed by atoms with E-state index >= 15 is 0 Å². The summed E-state index contributed by atoms with van der Waals surface area (Å²) in [6.07, 6.45) is 60.9. The molecule has 0 heterocycles. The lowest BCUT2D eigenvalue weighted by molar-refractivity contribution is -0.162. The van der Waals surface area contributed by atoms with Crippen LogP contribution in [-0.2, 0) is 23.8 Å². The summed E-state index contributed by atoms with van der Waals surface area (Å²) in [5, 5.41) is 0. The van der Waals surface area contributed by atoms with Gasteiger partial charge in [0.15, 0.2) is 6.10 Å². The molecule has 1 atom stereocenters. The van der Waals surface area contributed by atoms with Gasteiger partial charge in [-0.1, -0.05) is 216 Å². The Balaban J connectivity index is 4.31. The van der Waals surface area contributed by atoms with Crippen molar-refractivity contribution < 1.29 is 23.8 Å². The Morgan fingerprint density at radius 3 is 1.31 bits per heavy atom. The van der Waals surface area contributed by atoms with Gasteiger partial charge in [0, 0.05) is 19.4 Å². The van der Waals surface area contributed by atoms with Gasteiger partial charge in [0.05, 0.1) is 6.61 Å². The van der Waals surface area contributed by atoms with Crippen molar-refractivity contribution in [1.29, 1.82) is 0 Å². The van der Waals surface area contributed by atoms with E-state index in [1.807, 2.05) is 6.08 Å². The Morgan fingerprint density at radius 2 is 0.810 bits per heavy atom. The molecule has 0 saturated carbocycles. The normalized spacial score (nSPS) is 12.7. The number of rotatable bonds is 45. The Morgan fingerprint density at radius 1 is 0.397 bits per heavy atom. The van der Waals surface area contributed by atoms with Crippen molar-refractivity contribution >= 4 is 11.9 Å². The van der Waals surface area contributed by atoms with Crippen molar-refractivity contribution in [3.8, 4) is 0 Å². The first-order chi connectivity index (χ1) is 28.6. The second-order valence-corrected chi connectivity index (χ2v) is 16.3. The lowest BCUT2D eigenvalue weighted by Crippen LogP contribution is -2.30. The minimum absolute atomic E-state index is 0.0559. The van der Waals surface area contributed by atoms with Crippen molar-refractivity contribution in [3.05, 3.63) is 60.8 Å². The fourth-order valence-electron chi connectivity index (χ4n) is 6.87. The van der Waals surface area contributed by atoms with Crippen LogP contribution in [0.5, 0.6) is 0 Å². The third kappa shape index (κ3) is 46.3. The Kier molecular flexibility index (Phi) is 46.9. The summed E-state index contributed by atoms with van der Waals surface area (Å²) in [5.74, 6) is -0.490. The van der Waals surface area contributed by atoms with Crippen LogP contribution in [0.4, 0.5) is 0 Å². The largest absolute Gasteiger partial charge is 0.462 e. The summed E-state index contributed by atoms with van der Waals surface area (Å²) >= 11 is 0. The smallest absolute Gasteiger partial charge is 0.306 e. The fourth-order valence-corrected chi connectivity index (χ4v) is 6.87. The number of carbonyl (C=O) groups is 2. The number of ether oxygens (including phenoxy) is 3. The molecular formula is C53H94O5. The van der Waals surface area contributed by atoms with E-state index < -0.39 is 6.10 Å². The minimum atomic E-state index is -0.573. The zero-order valence-corrected chi connectivity index (χ0v) is 38.6. The average Bonchev–Trinajstić information content (AvgIpc) is 3.22. The van der Waals surface area contributed by atoms with Crippen LogP contribution in [0.3, 0.4) is 0 Å². The summed E-state index contributed by atoms with van der Waals surface area (Å²) in [6, 6.07) is 0. The van der Waals surface area contributed by atoms with Gasteiger partial charge in [0.2, 0.25) is 0 Å². The van der Waals surface area contributed by atoms with Crippen LogP contribution < -0.4 is 0 Å². The van der Waals surface area contributed by atoms with E-state index in [0.717, 1.165) is 57.8 Å². The third-order valence-electron chi connectivity index (χ3n) is 10.6. The van der Waals surface area contributed by atoms with E-state index in [-0.39, 0.29) is 25.2 Å². The molecule has 0 aromatic carbocycles. The molecule has 1 unspecified atom stereocenters. The molecule has 5 nitrogen and oxygen atoms in total. The van der Waals surface area contributed by atoms with Gasteiger partial charge in [-0.2, -0.15) is 0 Å². The third-order valence-corrected chi connectivity index (χ3v) is 10.6. The zero-order chi connectivity index (χ0) is 42.1. The van der Waals surface area contributed by atoms with E-state index in [0.29, 0.717) is 25.9 Å².